The Labute approximate surface area is 98.6 Å². The number of hydrogen-bond acceptors (Lipinski definition) is 1. The van der Waals surface area contributed by atoms with Crippen LogP contribution in [-0.2, 0) is 6.42 Å². The number of methoxy groups -OCH3 is 1. The Bertz CT molecular complexity index is 295. The maximum atomic E-state index is 13.0. The second kappa shape index (κ2) is 8.14. The Morgan fingerprint density at radius 3 is 2.38 bits per heavy atom. The zero-order valence-electron chi connectivity index (χ0n) is 11.0. The summed E-state index contributed by atoms with van der Waals surface area (Å²) in [5.41, 5.74) is 1.83. The van der Waals surface area contributed by atoms with Crippen molar-refractivity contribution in [2.45, 2.75) is 46.7 Å². The molecule has 16 heavy (non-hydrogen) atoms. The molecule has 0 amide bonds. The molecule has 0 radical (unpaired) electrons. The average Bonchev–Trinajstić information content (AvgIpc) is 2.32. The molecule has 0 N–H and O–H groups in total. The summed E-state index contributed by atoms with van der Waals surface area (Å²) in [6.07, 6.45) is 1.07. The van der Waals surface area contributed by atoms with Gasteiger partial charge < -0.3 is 4.74 Å². The van der Waals surface area contributed by atoms with E-state index in [0.29, 0.717) is 0 Å². The highest BCUT2D eigenvalue weighted by atomic mass is 19.1. The van der Waals surface area contributed by atoms with Gasteiger partial charge in [0.15, 0.2) is 0 Å². The lowest BCUT2D eigenvalue weighted by Gasteiger charge is -2.10. The molecule has 0 aliphatic rings. The SMILES string of the molecule is CC.CCCc1cc(C(C)F)ccc1OC. The van der Waals surface area contributed by atoms with Crippen molar-refractivity contribution >= 4 is 0 Å². The van der Waals surface area contributed by atoms with Crippen LogP contribution in [-0.4, -0.2) is 7.11 Å². The van der Waals surface area contributed by atoms with Crippen molar-refractivity contribution in [2.24, 2.45) is 0 Å². The van der Waals surface area contributed by atoms with Gasteiger partial charge in [-0.2, -0.15) is 0 Å². The van der Waals surface area contributed by atoms with E-state index in [9.17, 15) is 4.39 Å². The molecular weight excluding hydrogens is 203 g/mol. The predicted octanol–water partition coefficient (Wildman–Crippen LogP) is 4.70. The Balaban J connectivity index is 0.00000106. The number of benzene rings is 1. The molecule has 1 aromatic carbocycles. The minimum Gasteiger partial charge on any atom is -0.496 e. The molecule has 0 aliphatic heterocycles. The van der Waals surface area contributed by atoms with Gasteiger partial charge in [0.1, 0.15) is 11.9 Å². The number of alkyl halides is 1. The van der Waals surface area contributed by atoms with Crippen LogP contribution in [0.25, 0.3) is 0 Å². The fourth-order valence-corrected chi connectivity index (χ4v) is 1.51. The van der Waals surface area contributed by atoms with Crippen LogP contribution in [0.4, 0.5) is 4.39 Å². The van der Waals surface area contributed by atoms with Gasteiger partial charge in [0.05, 0.1) is 7.11 Å². The molecular formula is C14H23FO. The molecule has 1 aromatic rings. The third kappa shape index (κ3) is 4.21. The molecule has 0 spiro atoms. The van der Waals surface area contributed by atoms with Gasteiger partial charge in [0.2, 0.25) is 0 Å². The maximum Gasteiger partial charge on any atom is 0.122 e. The molecule has 0 bridgehead atoms. The summed E-state index contributed by atoms with van der Waals surface area (Å²) in [4.78, 5) is 0. The number of halogens is 1. The molecule has 2 heteroatoms. The highest BCUT2D eigenvalue weighted by Gasteiger charge is 2.07. The third-order valence-electron chi connectivity index (χ3n) is 2.28. The van der Waals surface area contributed by atoms with E-state index in [0.717, 1.165) is 29.7 Å². The minimum absolute atomic E-state index is 0.731. The monoisotopic (exact) mass is 226 g/mol. The summed E-state index contributed by atoms with van der Waals surface area (Å²) < 4.78 is 18.3. The second-order valence-corrected chi connectivity index (χ2v) is 3.44. The molecule has 0 aliphatic carbocycles. The lowest BCUT2D eigenvalue weighted by atomic mass is 10.0. The normalized spacial score (nSPS) is 11.4. The zero-order chi connectivity index (χ0) is 12.6. The molecule has 1 nitrogen and oxygen atoms in total. The molecule has 1 unspecified atom stereocenters. The quantitative estimate of drug-likeness (QED) is 0.722. The van der Waals surface area contributed by atoms with Gasteiger partial charge >= 0.3 is 0 Å². The van der Waals surface area contributed by atoms with E-state index in [2.05, 4.69) is 6.92 Å². The molecule has 1 atom stereocenters. The highest BCUT2D eigenvalue weighted by Crippen LogP contribution is 2.25. The van der Waals surface area contributed by atoms with E-state index < -0.39 is 6.17 Å². The Morgan fingerprint density at radius 2 is 1.94 bits per heavy atom. The molecule has 0 saturated carbocycles. The Morgan fingerprint density at radius 1 is 1.31 bits per heavy atom. The first kappa shape index (κ1) is 14.9. The molecule has 0 aromatic heterocycles. The maximum absolute atomic E-state index is 13.0. The summed E-state index contributed by atoms with van der Waals surface area (Å²) in [5, 5.41) is 0. The number of aryl methyl sites for hydroxylation is 1. The van der Waals surface area contributed by atoms with Gasteiger partial charge in [-0.15, -0.1) is 0 Å². The van der Waals surface area contributed by atoms with E-state index >= 15 is 0 Å². The second-order valence-electron chi connectivity index (χ2n) is 3.44. The minimum atomic E-state index is -0.906. The summed E-state index contributed by atoms with van der Waals surface area (Å²) in [5.74, 6) is 0.858. The van der Waals surface area contributed by atoms with Gasteiger partial charge in [-0.05, 0) is 36.6 Å². The van der Waals surface area contributed by atoms with Crippen molar-refractivity contribution in [1.29, 1.82) is 0 Å². The predicted molar refractivity (Wildman–Crippen MR) is 67.9 cm³/mol. The average molecular weight is 226 g/mol. The molecule has 0 fully saturated rings. The first-order valence-corrected chi connectivity index (χ1v) is 6.00. The Hall–Kier alpha value is -1.05. The lowest BCUT2D eigenvalue weighted by molar-refractivity contribution is 0.372. The largest absolute Gasteiger partial charge is 0.496 e. The van der Waals surface area contributed by atoms with Crippen molar-refractivity contribution < 1.29 is 9.13 Å². The molecule has 0 heterocycles. The molecule has 92 valence electrons. The highest BCUT2D eigenvalue weighted by molar-refractivity contribution is 5.38. The fourth-order valence-electron chi connectivity index (χ4n) is 1.51. The standard InChI is InChI=1S/C12H17FO.C2H6/c1-4-5-11-8-10(9(2)13)6-7-12(11)14-3;1-2/h6-9H,4-5H2,1-3H3;1-2H3. The van der Waals surface area contributed by atoms with Crippen LogP contribution in [0.2, 0.25) is 0 Å². The first-order valence-electron chi connectivity index (χ1n) is 6.00. The van der Waals surface area contributed by atoms with Crippen molar-refractivity contribution in [3.63, 3.8) is 0 Å². The van der Waals surface area contributed by atoms with Crippen LogP contribution in [0.5, 0.6) is 5.75 Å². The van der Waals surface area contributed by atoms with Crippen molar-refractivity contribution in [2.75, 3.05) is 7.11 Å². The summed E-state index contributed by atoms with van der Waals surface area (Å²) in [6, 6.07) is 5.52. The van der Waals surface area contributed by atoms with E-state index in [-0.39, 0.29) is 0 Å². The van der Waals surface area contributed by atoms with Gasteiger partial charge in [-0.25, -0.2) is 4.39 Å². The van der Waals surface area contributed by atoms with Crippen molar-refractivity contribution in [3.05, 3.63) is 29.3 Å². The number of hydrogen-bond donors (Lipinski definition) is 0. The van der Waals surface area contributed by atoms with E-state index in [1.807, 2.05) is 26.0 Å². The van der Waals surface area contributed by atoms with Crippen LogP contribution >= 0.6 is 0 Å². The summed E-state index contributed by atoms with van der Waals surface area (Å²) in [7, 11) is 1.65. The zero-order valence-corrected chi connectivity index (χ0v) is 11.0. The van der Waals surface area contributed by atoms with Crippen LogP contribution in [0.3, 0.4) is 0 Å². The van der Waals surface area contributed by atoms with E-state index in [4.69, 9.17) is 4.74 Å². The van der Waals surface area contributed by atoms with Crippen LogP contribution in [0, 0.1) is 0 Å². The summed E-state index contributed by atoms with van der Waals surface area (Å²) >= 11 is 0. The van der Waals surface area contributed by atoms with Crippen LogP contribution in [0.1, 0.15) is 51.4 Å². The van der Waals surface area contributed by atoms with Gasteiger partial charge in [-0.3, -0.25) is 0 Å². The van der Waals surface area contributed by atoms with Crippen molar-refractivity contribution in [1.82, 2.24) is 0 Å². The number of rotatable bonds is 4. The Kier molecular flexibility index (Phi) is 7.61. The molecule has 1 rings (SSSR count). The van der Waals surface area contributed by atoms with Crippen LogP contribution in [0.15, 0.2) is 18.2 Å². The summed E-state index contributed by atoms with van der Waals surface area (Å²) in [6.45, 7) is 7.66. The molecule has 0 saturated heterocycles. The van der Waals surface area contributed by atoms with Gasteiger partial charge in [0, 0.05) is 0 Å². The van der Waals surface area contributed by atoms with Gasteiger partial charge in [0.25, 0.3) is 0 Å². The van der Waals surface area contributed by atoms with E-state index in [1.54, 1.807) is 20.1 Å². The first-order chi connectivity index (χ1) is 7.69. The third-order valence-corrected chi connectivity index (χ3v) is 2.28. The van der Waals surface area contributed by atoms with E-state index in [1.165, 1.54) is 0 Å². The number of ether oxygens (including phenoxy) is 1. The topological polar surface area (TPSA) is 9.23 Å². The smallest absolute Gasteiger partial charge is 0.122 e. The van der Waals surface area contributed by atoms with Gasteiger partial charge in [-0.1, -0.05) is 33.3 Å². The van der Waals surface area contributed by atoms with Crippen molar-refractivity contribution in [3.8, 4) is 5.75 Å². The lowest BCUT2D eigenvalue weighted by Crippen LogP contribution is -1.94. The fraction of sp³-hybridized carbons (Fsp3) is 0.571. The van der Waals surface area contributed by atoms with Crippen LogP contribution < -0.4 is 4.74 Å².